The Morgan fingerprint density at radius 2 is 1.51 bits per heavy atom. The van der Waals surface area contributed by atoms with Gasteiger partial charge in [-0.2, -0.15) is 0 Å². The fraction of sp³-hybridized carbons (Fsp3) is 0.280. The van der Waals surface area contributed by atoms with Crippen LogP contribution in [0.5, 0.6) is 17.2 Å². The lowest BCUT2D eigenvalue weighted by Gasteiger charge is -2.15. The highest BCUT2D eigenvalue weighted by molar-refractivity contribution is 7.43. The summed E-state index contributed by atoms with van der Waals surface area (Å²) in [4.78, 5) is 26.3. The van der Waals surface area contributed by atoms with Crippen LogP contribution in [0.15, 0.2) is 66.7 Å². The van der Waals surface area contributed by atoms with Gasteiger partial charge in [0.15, 0.2) is 11.5 Å². The molecule has 0 aliphatic heterocycles. The predicted octanol–water partition coefficient (Wildman–Crippen LogP) is 1.79. The van der Waals surface area contributed by atoms with E-state index in [1.165, 1.54) is 0 Å². The molecule has 37 heavy (non-hydrogen) atoms. The van der Waals surface area contributed by atoms with Crippen LogP contribution in [-0.4, -0.2) is 71.6 Å². The van der Waals surface area contributed by atoms with Gasteiger partial charge in [0.2, 0.25) is 0 Å². The van der Waals surface area contributed by atoms with E-state index in [2.05, 4.69) is 16.4 Å². The number of aliphatic hydroxyl groups excluding tert-OH is 2. The molecule has 4 rings (SSSR count). The van der Waals surface area contributed by atoms with E-state index in [-0.39, 0.29) is 6.61 Å². The third kappa shape index (κ3) is 10.0. The molecule has 1 aromatic heterocycles. The molecule has 0 saturated carbocycles. The number of ether oxygens (including phenoxy) is 3. The summed E-state index contributed by atoms with van der Waals surface area (Å²) in [6.45, 7) is 1.70. The van der Waals surface area contributed by atoms with E-state index in [4.69, 9.17) is 38.6 Å². The fourth-order valence-electron chi connectivity index (χ4n) is 3.47. The minimum Gasteiger partial charge on any atom is -0.756 e. The number of benzene rings is 3. The molecule has 0 aliphatic carbocycles. The van der Waals surface area contributed by atoms with Gasteiger partial charge in [-0.3, -0.25) is 4.57 Å². The number of fused-ring (bicyclic) bond motifs is 3. The van der Waals surface area contributed by atoms with Crippen molar-refractivity contribution in [3.63, 3.8) is 0 Å². The first-order valence-electron chi connectivity index (χ1n) is 11.2. The van der Waals surface area contributed by atoms with Crippen LogP contribution < -0.4 is 24.4 Å². The number of hydrogen-bond donors (Lipinski definition) is 6. The standard InChI is InChI=1S/C24H26N2O4.CH4O.H3O4P/c1-28-21-10-4-5-11-22(21)29-14-13-25-15-17(27)16-30-23-12-6-9-20-24(23)18-7-2-3-8-19(18)26-20;1-2;1-5(2,3)4/h2-12,17,25-27H,13-16H2,1H3;2H,1H3;(H3,1,2,3,4)/p-1. The van der Waals surface area contributed by atoms with Crippen LogP contribution in [0, 0.1) is 0 Å². The Balaban J connectivity index is 0.000000617. The lowest BCUT2D eigenvalue weighted by molar-refractivity contribution is -0.214. The number of rotatable bonds is 10. The van der Waals surface area contributed by atoms with Crippen LogP contribution in [0.2, 0.25) is 0 Å². The highest BCUT2D eigenvalue weighted by atomic mass is 31.2. The molecule has 0 radical (unpaired) electrons. The summed E-state index contributed by atoms with van der Waals surface area (Å²) in [5.41, 5.74) is 2.09. The third-order valence-electron chi connectivity index (χ3n) is 4.91. The lowest BCUT2D eigenvalue weighted by atomic mass is 10.1. The van der Waals surface area contributed by atoms with E-state index in [1.54, 1.807) is 7.11 Å². The molecule has 11 nitrogen and oxygen atoms in total. The Labute approximate surface area is 214 Å². The molecule has 0 aliphatic rings. The first-order valence-corrected chi connectivity index (χ1v) is 12.8. The van der Waals surface area contributed by atoms with Crippen LogP contribution in [0.25, 0.3) is 21.8 Å². The molecule has 0 bridgehead atoms. The zero-order valence-electron chi connectivity index (χ0n) is 20.5. The second-order valence-electron chi connectivity index (χ2n) is 7.51. The Bertz CT molecular complexity index is 1270. The Hall–Kier alpha value is -3.15. The third-order valence-corrected chi connectivity index (χ3v) is 4.91. The topological polar surface area (TPSA) is 177 Å². The predicted molar refractivity (Wildman–Crippen MR) is 139 cm³/mol. The summed E-state index contributed by atoms with van der Waals surface area (Å²) < 4.78 is 25.7. The van der Waals surface area contributed by atoms with Gasteiger partial charge < -0.3 is 49.4 Å². The normalized spacial score (nSPS) is 11.6. The van der Waals surface area contributed by atoms with Crippen molar-refractivity contribution in [2.45, 2.75) is 6.10 Å². The van der Waals surface area contributed by atoms with E-state index in [0.29, 0.717) is 31.2 Å². The fourth-order valence-corrected chi connectivity index (χ4v) is 3.47. The highest BCUT2D eigenvalue weighted by Crippen LogP contribution is 2.33. The minimum atomic E-state index is -4.89. The number of nitrogens with one attached hydrogen (secondary N) is 2. The number of methoxy groups -OCH3 is 1. The van der Waals surface area contributed by atoms with Crippen LogP contribution in [0.1, 0.15) is 0 Å². The van der Waals surface area contributed by atoms with Gasteiger partial charge >= 0.3 is 0 Å². The van der Waals surface area contributed by atoms with E-state index in [1.807, 2.05) is 60.7 Å². The number of hydrogen-bond acceptors (Lipinski definition) is 8. The maximum Gasteiger partial charge on any atom is 0.262 e. The van der Waals surface area contributed by atoms with Gasteiger partial charge in [0.1, 0.15) is 25.1 Å². The van der Waals surface area contributed by atoms with Gasteiger partial charge in [0.25, 0.3) is 7.82 Å². The second-order valence-corrected chi connectivity index (χ2v) is 8.49. The number of para-hydroxylation sites is 3. The van der Waals surface area contributed by atoms with Crippen molar-refractivity contribution in [2.75, 3.05) is 40.5 Å². The maximum atomic E-state index is 10.3. The molecule has 1 heterocycles. The van der Waals surface area contributed by atoms with Crippen molar-refractivity contribution in [3.05, 3.63) is 66.7 Å². The second kappa shape index (κ2) is 15.2. The molecule has 0 amide bonds. The first-order chi connectivity index (χ1) is 17.8. The summed E-state index contributed by atoms with van der Waals surface area (Å²) in [7, 11) is -2.27. The quantitative estimate of drug-likeness (QED) is 0.130. The zero-order chi connectivity index (χ0) is 27.3. The number of aliphatic hydroxyl groups is 2. The van der Waals surface area contributed by atoms with Crippen LogP contribution >= 0.6 is 7.82 Å². The lowest BCUT2D eigenvalue weighted by Crippen LogP contribution is -2.33. The van der Waals surface area contributed by atoms with Crippen molar-refractivity contribution in [3.8, 4) is 17.2 Å². The average molecular weight is 536 g/mol. The maximum absolute atomic E-state index is 10.3. The van der Waals surface area contributed by atoms with Gasteiger partial charge in [-0.15, -0.1) is 0 Å². The molecule has 1 unspecified atom stereocenters. The molecule has 0 spiro atoms. The first kappa shape index (κ1) is 30.1. The summed E-state index contributed by atoms with van der Waals surface area (Å²) >= 11 is 0. The molecular formula is C25H32N2O9P-. The van der Waals surface area contributed by atoms with Crippen LogP contribution in [0.3, 0.4) is 0 Å². The largest absolute Gasteiger partial charge is 0.756 e. The van der Waals surface area contributed by atoms with Gasteiger partial charge in [-0.25, -0.2) is 0 Å². The summed E-state index contributed by atoms with van der Waals surface area (Å²) in [5, 5.41) is 22.6. The molecule has 1 atom stereocenters. The number of H-pyrrole nitrogens is 1. The van der Waals surface area contributed by atoms with Crippen LogP contribution in [0.4, 0.5) is 0 Å². The van der Waals surface area contributed by atoms with Crippen molar-refractivity contribution in [1.29, 1.82) is 0 Å². The van der Waals surface area contributed by atoms with Crippen molar-refractivity contribution in [1.82, 2.24) is 10.3 Å². The summed E-state index contributed by atoms with van der Waals surface area (Å²) in [6, 6.07) is 21.6. The monoisotopic (exact) mass is 535 g/mol. The highest BCUT2D eigenvalue weighted by Gasteiger charge is 2.11. The molecule has 0 fully saturated rings. The Morgan fingerprint density at radius 1 is 0.919 bits per heavy atom. The van der Waals surface area contributed by atoms with E-state index in [9.17, 15) is 5.11 Å². The molecule has 12 heteroatoms. The van der Waals surface area contributed by atoms with E-state index < -0.39 is 13.9 Å². The van der Waals surface area contributed by atoms with E-state index in [0.717, 1.165) is 34.7 Å². The summed E-state index contributed by atoms with van der Waals surface area (Å²) in [6.07, 6.45) is -0.628. The smallest absolute Gasteiger partial charge is 0.262 e. The van der Waals surface area contributed by atoms with Crippen LogP contribution in [-0.2, 0) is 4.57 Å². The average Bonchev–Trinajstić information content (AvgIpc) is 3.27. The van der Waals surface area contributed by atoms with Gasteiger partial charge in [0.05, 0.1) is 12.6 Å². The van der Waals surface area contributed by atoms with Gasteiger partial charge in [0, 0.05) is 36.5 Å². The SMILES string of the molecule is CO.COc1ccccc1OCCNCC(O)COc1cccc2[nH]c3ccccc3c12.O=P([O-])(O)O. The van der Waals surface area contributed by atoms with Crippen molar-refractivity contribution >= 4 is 29.6 Å². The molecular weight excluding hydrogens is 503 g/mol. The number of aromatic amines is 1. The zero-order valence-corrected chi connectivity index (χ0v) is 21.4. The van der Waals surface area contributed by atoms with Crippen molar-refractivity contribution < 1.29 is 43.7 Å². The molecule has 0 saturated heterocycles. The molecule has 6 N–H and O–H groups in total. The summed E-state index contributed by atoms with van der Waals surface area (Å²) in [5.74, 6) is 2.18. The van der Waals surface area contributed by atoms with Gasteiger partial charge in [-0.05, 0) is 30.3 Å². The minimum absolute atomic E-state index is 0.207. The molecule has 3 aromatic carbocycles. The Morgan fingerprint density at radius 3 is 2.22 bits per heavy atom. The van der Waals surface area contributed by atoms with Crippen molar-refractivity contribution in [2.24, 2.45) is 0 Å². The molecule has 202 valence electrons. The Kier molecular flexibility index (Phi) is 12.3. The van der Waals surface area contributed by atoms with E-state index >= 15 is 0 Å². The number of aromatic nitrogens is 1. The number of phosphoric acid groups is 1. The molecule has 4 aromatic rings. The van der Waals surface area contributed by atoms with Gasteiger partial charge in [-0.1, -0.05) is 36.4 Å².